The Labute approximate surface area is 171 Å². The molecule has 1 saturated carbocycles. The number of aromatic amines is 1. The zero-order chi connectivity index (χ0) is 20.8. The normalized spacial score (nSPS) is 16.8. The molecule has 0 aliphatic heterocycles. The molecule has 1 aromatic heterocycles. The number of carbonyl (C=O) groups excluding carboxylic acids is 2. The highest BCUT2D eigenvalue weighted by Crippen LogP contribution is 2.31. The fraction of sp³-hybridized carbons (Fsp3) is 0.476. The monoisotopic (exact) mass is 395 g/mol. The molecule has 3 rings (SSSR count). The Morgan fingerprint density at radius 1 is 1.28 bits per heavy atom. The van der Waals surface area contributed by atoms with Gasteiger partial charge in [0.25, 0.3) is 7.41 Å². The molecule has 4 N–H and O–H groups in total. The maximum absolute atomic E-state index is 12.9. The van der Waals surface area contributed by atoms with Crippen LogP contribution in [0.5, 0.6) is 0 Å². The van der Waals surface area contributed by atoms with Crippen LogP contribution >= 0.6 is 0 Å². The van der Waals surface area contributed by atoms with Crippen LogP contribution in [0.4, 0.5) is 5.69 Å². The fourth-order valence-electron chi connectivity index (χ4n) is 4.09. The molecule has 2 aromatic rings. The summed E-state index contributed by atoms with van der Waals surface area (Å²) in [4.78, 5) is 23.6. The first-order valence-corrected chi connectivity index (χ1v) is 10.2. The highest BCUT2D eigenvalue weighted by Gasteiger charge is 2.29. The lowest BCUT2D eigenvalue weighted by Gasteiger charge is -2.29. The first-order chi connectivity index (χ1) is 14.0. The van der Waals surface area contributed by atoms with Crippen LogP contribution in [0, 0.1) is 12.8 Å². The summed E-state index contributed by atoms with van der Waals surface area (Å²) < 4.78 is 0. The molecule has 1 unspecified atom stereocenters. The summed E-state index contributed by atoms with van der Waals surface area (Å²) in [5.41, 5.74) is 3.96. The van der Waals surface area contributed by atoms with Crippen molar-refractivity contribution in [3.63, 3.8) is 0 Å². The molecule has 153 valence electrons. The quantitative estimate of drug-likeness (QED) is 0.406. The van der Waals surface area contributed by atoms with Crippen molar-refractivity contribution in [1.82, 2.24) is 15.4 Å². The van der Waals surface area contributed by atoms with Crippen LogP contribution in [0.2, 0.25) is 0 Å². The first-order valence-electron chi connectivity index (χ1n) is 10.2. The van der Waals surface area contributed by atoms with Gasteiger partial charge in [-0.15, -0.1) is 0 Å². The van der Waals surface area contributed by atoms with E-state index in [4.69, 9.17) is 0 Å². The first kappa shape index (κ1) is 21.3. The van der Waals surface area contributed by atoms with Gasteiger partial charge in [-0.2, -0.15) is 5.10 Å². The maximum Gasteiger partial charge on any atom is 0.291 e. The van der Waals surface area contributed by atoms with E-state index in [1.807, 2.05) is 31.2 Å². The minimum atomic E-state index is -0.675. The van der Waals surface area contributed by atoms with Crippen LogP contribution in [0.15, 0.2) is 24.3 Å². The lowest BCUT2D eigenvalue weighted by Crippen LogP contribution is -2.48. The van der Waals surface area contributed by atoms with E-state index in [-0.39, 0.29) is 11.8 Å². The second kappa shape index (κ2) is 9.85. The molecular formula is C21H28BN4O3. The second-order valence-corrected chi connectivity index (χ2v) is 7.70. The van der Waals surface area contributed by atoms with Gasteiger partial charge in [0, 0.05) is 16.9 Å². The maximum atomic E-state index is 12.9. The fourth-order valence-corrected chi connectivity index (χ4v) is 4.09. The van der Waals surface area contributed by atoms with E-state index in [9.17, 15) is 14.7 Å². The van der Waals surface area contributed by atoms with Crippen molar-refractivity contribution in [3.8, 4) is 11.1 Å². The molecule has 1 aromatic carbocycles. The predicted octanol–water partition coefficient (Wildman–Crippen LogP) is 2.72. The van der Waals surface area contributed by atoms with E-state index >= 15 is 0 Å². The van der Waals surface area contributed by atoms with Gasteiger partial charge in [-0.25, -0.2) is 0 Å². The summed E-state index contributed by atoms with van der Waals surface area (Å²) in [6, 6.07) is 7.07. The van der Waals surface area contributed by atoms with E-state index < -0.39 is 12.1 Å². The molecule has 1 heterocycles. The predicted molar refractivity (Wildman–Crippen MR) is 114 cm³/mol. The van der Waals surface area contributed by atoms with Crippen molar-refractivity contribution in [2.24, 2.45) is 5.92 Å². The minimum Gasteiger partial charge on any atom is -0.387 e. The Kier molecular flexibility index (Phi) is 7.22. The van der Waals surface area contributed by atoms with Gasteiger partial charge >= 0.3 is 0 Å². The molecular weight excluding hydrogens is 367 g/mol. The van der Waals surface area contributed by atoms with Gasteiger partial charge in [0.05, 0.1) is 24.0 Å². The number of amides is 1. The van der Waals surface area contributed by atoms with Gasteiger partial charge in [0.2, 0.25) is 5.91 Å². The highest BCUT2D eigenvalue weighted by molar-refractivity contribution is 6.64. The second-order valence-electron chi connectivity index (χ2n) is 7.70. The van der Waals surface area contributed by atoms with Crippen LogP contribution in [0.3, 0.4) is 0 Å². The molecule has 1 fully saturated rings. The number of aliphatic hydroxyl groups is 1. The van der Waals surface area contributed by atoms with E-state index in [0.29, 0.717) is 17.6 Å². The van der Waals surface area contributed by atoms with Crippen LogP contribution in [0.1, 0.15) is 56.5 Å². The number of hydrogen-bond acceptors (Lipinski definition) is 5. The number of anilines is 1. The van der Waals surface area contributed by atoms with Gasteiger partial charge in [0.1, 0.15) is 0 Å². The van der Waals surface area contributed by atoms with Crippen molar-refractivity contribution < 1.29 is 14.7 Å². The van der Waals surface area contributed by atoms with Crippen molar-refractivity contribution in [1.29, 1.82) is 0 Å². The van der Waals surface area contributed by atoms with Crippen molar-refractivity contribution in [2.45, 2.75) is 58.1 Å². The Hall–Kier alpha value is -2.45. The summed E-state index contributed by atoms with van der Waals surface area (Å²) in [6.07, 6.45) is 5.39. The molecule has 0 spiro atoms. The van der Waals surface area contributed by atoms with Crippen molar-refractivity contribution in [3.05, 3.63) is 35.7 Å². The number of benzene rings is 1. The molecule has 1 amide bonds. The molecule has 0 saturated heterocycles. The molecule has 1 radical (unpaired) electrons. The number of nitrogens with one attached hydrogen (secondary N) is 3. The number of carbonyl (C=O) groups is 2. The molecule has 8 heteroatoms. The summed E-state index contributed by atoms with van der Waals surface area (Å²) in [6.45, 7) is 3.59. The molecule has 1 aliphatic rings. The molecule has 2 atom stereocenters. The third kappa shape index (κ3) is 5.13. The standard InChI is InChI=1S/C21H28BN4O3/c1-13-18(19(14(2)28)26-25-13)15-8-10-17(11-9-15)23-21(29)20(24-22-12-27)16-6-4-3-5-7-16/h8-12,14,16,20,24,28H,3-7H2,1-2H3,(H,23,29)(H,25,26)/t14?,20-/m0/s1. The van der Waals surface area contributed by atoms with E-state index in [0.717, 1.165) is 42.5 Å². The lowest BCUT2D eigenvalue weighted by molar-refractivity contribution is -0.119. The Morgan fingerprint density at radius 2 is 1.97 bits per heavy atom. The number of H-pyrrole nitrogens is 1. The number of aryl methyl sites for hydroxylation is 1. The SMILES string of the molecule is Cc1[nH]nc(C(C)O)c1-c1ccc(NC(=O)[C@@H](N[B]C=O)C2CCCCC2)cc1. The summed E-state index contributed by atoms with van der Waals surface area (Å²) in [5, 5.41) is 23.0. The number of aromatic nitrogens is 2. The van der Waals surface area contributed by atoms with Crippen LogP contribution in [-0.4, -0.2) is 40.9 Å². The smallest absolute Gasteiger partial charge is 0.291 e. The Morgan fingerprint density at radius 3 is 2.59 bits per heavy atom. The zero-order valence-electron chi connectivity index (χ0n) is 16.9. The average Bonchev–Trinajstić information content (AvgIpc) is 3.11. The van der Waals surface area contributed by atoms with Crippen LogP contribution in [-0.2, 0) is 9.59 Å². The van der Waals surface area contributed by atoms with E-state index in [1.54, 1.807) is 6.92 Å². The highest BCUT2D eigenvalue weighted by atomic mass is 16.3. The lowest BCUT2D eigenvalue weighted by atomic mass is 9.81. The largest absolute Gasteiger partial charge is 0.387 e. The van der Waals surface area contributed by atoms with Gasteiger partial charge in [-0.05, 0) is 50.3 Å². The number of nitrogens with zero attached hydrogens (tertiary/aromatic N) is 1. The third-order valence-corrected chi connectivity index (χ3v) is 5.56. The Balaban J connectivity index is 1.73. The zero-order valence-corrected chi connectivity index (χ0v) is 16.9. The Bertz CT molecular complexity index is 829. The molecule has 0 bridgehead atoms. The van der Waals surface area contributed by atoms with Crippen molar-refractivity contribution >= 4 is 25.2 Å². The van der Waals surface area contributed by atoms with Gasteiger partial charge in [0.15, 0.2) is 0 Å². The number of aliphatic hydroxyl groups excluding tert-OH is 1. The van der Waals surface area contributed by atoms with E-state index in [2.05, 4.69) is 20.7 Å². The molecule has 7 nitrogen and oxygen atoms in total. The van der Waals surface area contributed by atoms with Gasteiger partial charge in [-0.3, -0.25) is 9.89 Å². The van der Waals surface area contributed by atoms with Gasteiger partial charge in [-0.1, -0.05) is 31.4 Å². The van der Waals surface area contributed by atoms with Gasteiger partial charge < -0.3 is 20.4 Å². The molecule has 1 aliphatic carbocycles. The summed E-state index contributed by atoms with van der Waals surface area (Å²) in [7, 11) is 1.31. The minimum absolute atomic E-state index is 0.132. The summed E-state index contributed by atoms with van der Waals surface area (Å²) >= 11 is 0. The summed E-state index contributed by atoms with van der Waals surface area (Å²) in [5.74, 6) is 0.0910. The van der Waals surface area contributed by atoms with E-state index in [1.165, 1.54) is 13.8 Å². The average molecular weight is 395 g/mol. The van der Waals surface area contributed by atoms with Crippen molar-refractivity contribution in [2.75, 3.05) is 5.32 Å². The van der Waals surface area contributed by atoms with Crippen LogP contribution < -0.4 is 10.5 Å². The van der Waals surface area contributed by atoms with Crippen LogP contribution in [0.25, 0.3) is 11.1 Å². The molecule has 29 heavy (non-hydrogen) atoms. The number of hydrogen-bond donors (Lipinski definition) is 4. The third-order valence-electron chi connectivity index (χ3n) is 5.56. The number of rotatable bonds is 8. The topological polar surface area (TPSA) is 107 Å².